The van der Waals surface area contributed by atoms with Gasteiger partial charge in [-0.25, -0.2) is 0 Å². The first-order chi connectivity index (χ1) is 9.40. The van der Waals surface area contributed by atoms with Crippen molar-refractivity contribution in [3.05, 3.63) is 34.1 Å². The number of aromatic nitrogens is 2. The van der Waals surface area contributed by atoms with Crippen molar-refractivity contribution in [3.63, 3.8) is 0 Å². The van der Waals surface area contributed by atoms with Crippen LogP contribution >= 0.6 is 0 Å². The summed E-state index contributed by atoms with van der Waals surface area (Å²) in [5.74, 6) is 1.02. The van der Waals surface area contributed by atoms with Crippen molar-refractivity contribution in [1.82, 2.24) is 10.1 Å². The van der Waals surface area contributed by atoms with Crippen molar-refractivity contribution in [2.24, 2.45) is 0 Å². The highest BCUT2D eigenvalue weighted by atomic mass is 16.6. The molecule has 0 amide bonds. The van der Waals surface area contributed by atoms with E-state index >= 15 is 0 Å². The van der Waals surface area contributed by atoms with Crippen LogP contribution in [-0.4, -0.2) is 29.2 Å². The normalized spacial score (nSPS) is 10.8. The number of nitro benzene ring substituents is 1. The van der Waals surface area contributed by atoms with Gasteiger partial charge in [0.25, 0.3) is 11.6 Å². The minimum Gasteiger partial charge on any atom is -0.372 e. The highest BCUT2D eigenvalue weighted by Gasteiger charge is 2.19. The molecule has 7 nitrogen and oxygen atoms in total. The quantitative estimate of drug-likeness (QED) is 0.630. The molecule has 20 heavy (non-hydrogen) atoms. The molecule has 0 saturated carbocycles. The second-order valence-electron chi connectivity index (χ2n) is 4.97. The number of hydrogen-bond donors (Lipinski definition) is 0. The standard InChI is InChI=1S/C13H16N4O3/c1-8(2)12-14-13(20-15-12)9-5-6-10(16(3)4)11(7-9)17(18)19/h5-8H,1-4H3. The molecule has 2 aromatic rings. The fraction of sp³-hybridized carbons (Fsp3) is 0.385. The summed E-state index contributed by atoms with van der Waals surface area (Å²) in [6.07, 6.45) is 0. The van der Waals surface area contributed by atoms with Crippen molar-refractivity contribution in [2.75, 3.05) is 19.0 Å². The molecule has 0 unspecified atom stereocenters. The molecule has 0 N–H and O–H groups in total. The lowest BCUT2D eigenvalue weighted by Gasteiger charge is -2.12. The minimum atomic E-state index is -0.418. The predicted octanol–water partition coefficient (Wildman–Crippen LogP) is 2.83. The van der Waals surface area contributed by atoms with Crippen LogP contribution in [-0.2, 0) is 0 Å². The lowest BCUT2D eigenvalue weighted by atomic mass is 10.1. The number of hydrogen-bond acceptors (Lipinski definition) is 6. The fourth-order valence-electron chi connectivity index (χ4n) is 1.77. The van der Waals surface area contributed by atoms with Gasteiger partial charge in [0.2, 0.25) is 0 Å². The molecular formula is C13H16N4O3. The molecule has 0 bridgehead atoms. The first kappa shape index (κ1) is 14.0. The third-order valence-electron chi connectivity index (χ3n) is 2.86. The first-order valence-corrected chi connectivity index (χ1v) is 6.20. The van der Waals surface area contributed by atoms with Gasteiger partial charge in [-0.2, -0.15) is 4.98 Å². The van der Waals surface area contributed by atoms with E-state index in [1.807, 2.05) is 13.8 Å². The molecule has 0 fully saturated rings. The van der Waals surface area contributed by atoms with Crippen LogP contribution in [0.5, 0.6) is 0 Å². The SMILES string of the molecule is CC(C)c1noc(-c2ccc(N(C)C)c([N+](=O)[O-])c2)n1. The zero-order chi connectivity index (χ0) is 14.9. The Morgan fingerprint density at radius 3 is 2.55 bits per heavy atom. The second kappa shape index (κ2) is 5.28. The Hall–Kier alpha value is -2.44. The second-order valence-corrected chi connectivity index (χ2v) is 4.97. The molecule has 0 saturated heterocycles. The third kappa shape index (κ3) is 2.61. The molecule has 0 aliphatic rings. The lowest BCUT2D eigenvalue weighted by Crippen LogP contribution is -2.10. The van der Waals surface area contributed by atoms with Crippen LogP contribution in [0.1, 0.15) is 25.6 Å². The van der Waals surface area contributed by atoms with E-state index in [1.54, 1.807) is 31.1 Å². The zero-order valence-electron chi connectivity index (χ0n) is 11.8. The van der Waals surface area contributed by atoms with Gasteiger partial charge in [0.1, 0.15) is 5.69 Å². The van der Waals surface area contributed by atoms with Crippen LogP contribution in [0.15, 0.2) is 22.7 Å². The monoisotopic (exact) mass is 276 g/mol. The summed E-state index contributed by atoms with van der Waals surface area (Å²) >= 11 is 0. The zero-order valence-corrected chi connectivity index (χ0v) is 11.8. The van der Waals surface area contributed by atoms with Gasteiger partial charge < -0.3 is 9.42 Å². The van der Waals surface area contributed by atoms with Gasteiger partial charge in [-0.05, 0) is 12.1 Å². The Morgan fingerprint density at radius 2 is 2.05 bits per heavy atom. The molecule has 1 aromatic carbocycles. The fourth-order valence-corrected chi connectivity index (χ4v) is 1.77. The summed E-state index contributed by atoms with van der Waals surface area (Å²) in [4.78, 5) is 16.6. The van der Waals surface area contributed by atoms with Crippen molar-refractivity contribution in [1.29, 1.82) is 0 Å². The molecule has 0 aliphatic carbocycles. The van der Waals surface area contributed by atoms with Crippen LogP contribution in [0.3, 0.4) is 0 Å². The molecule has 0 radical (unpaired) electrons. The van der Waals surface area contributed by atoms with Crippen LogP contribution in [0, 0.1) is 10.1 Å². The third-order valence-corrected chi connectivity index (χ3v) is 2.86. The van der Waals surface area contributed by atoms with E-state index < -0.39 is 4.92 Å². The van der Waals surface area contributed by atoms with E-state index in [0.717, 1.165) is 0 Å². The number of benzene rings is 1. The first-order valence-electron chi connectivity index (χ1n) is 6.20. The summed E-state index contributed by atoms with van der Waals surface area (Å²) in [6.45, 7) is 3.90. The van der Waals surface area contributed by atoms with E-state index in [-0.39, 0.29) is 11.6 Å². The van der Waals surface area contributed by atoms with Gasteiger partial charge in [-0.15, -0.1) is 0 Å². The Kier molecular flexibility index (Phi) is 3.69. The molecule has 0 spiro atoms. The summed E-state index contributed by atoms with van der Waals surface area (Å²) in [7, 11) is 3.51. The van der Waals surface area contributed by atoms with Gasteiger partial charge in [-0.3, -0.25) is 10.1 Å². The van der Waals surface area contributed by atoms with E-state index in [4.69, 9.17) is 4.52 Å². The summed E-state index contributed by atoms with van der Waals surface area (Å²) < 4.78 is 5.15. The van der Waals surface area contributed by atoms with Gasteiger partial charge in [0.15, 0.2) is 5.82 Å². The minimum absolute atomic E-state index is 0.0109. The van der Waals surface area contributed by atoms with E-state index in [2.05, 4.69) is 10.1 Å². The molecule has 1 heterocycles. The maximum Gasteiger partial charge on any atom is 0.293 e. The summed E-state index contributed by atoms with van der Waals surface area (Å²) in [5, 5.41) is 15.0. The van der Waals surface area contributed by atoms with Gasteiger partial charge in [0, 0.05) is 31.6 Å². The Balaban J connectivity index is 2.47. The molecule has 106 valence electrons. The van der Waals surface area contributed by atoms with Gasteiger partial charge in [-0.1, -0.05) is 19.0 Å². The highest BCUT2D eigenvalue weighted by Crippen LogP contribution is 2.31. The average Bonchev–Trinajstić information content (AvgIpc) is 2.87. The topological polar surface area (TPSA) is 85.3 Å². The van der Waals surface area contributed by atoms with Crippen LogP contribution in [0.2, 0.25) is 0 Å². The van der Waals surface area contributed by atoms with Crippen LogP contribution < -0.4 is 4.90 Å². The largest absolute Gasteiger partial charge is 0.372 e. The Morgan fingerprint density at radius 1 is 1.35 bits per heavy atom. The maximum absolute atomic E-state index is 11.1. The number of nitro groups is 1. The molecule has 0 atom stereocenters. The molecule has 2 rings (SSSR count). The van der Waals surface area contributed by atoms with E-state index in [9.17, 15) is 10.1 Å². The predicted molar refractivity (Wildman–Crippen MR) is 74.8 cm³/mol. The smallest absolute Gasteiger partial charge is 0.293 e. The average molecular weight is 276 g/mol. The van der Waals surface area contributed by atoms with Gasteiger partial charge >= 0.3 is 0 Å². The highest BCUT2D eigenvalue weighted by molar-refractivity contribution is 5.70. The molecule has 0 aliphatic heterocycles. The van der Waals surface area contributed by atoms with Crippen LogP contribution in [0.4, 0.5) is 11.4 Å². The van der Waals surface area contributed by atoms with Crippen LogP contribution in [0.25, 0.3) is 11.5 Å². The van der Waals surface area contributed by atoms with E-state index in [1.165, 1.54) is 6.07 Å². The Labute approximate surface area is 116 Å². The van der Waals surface area contributed by atoms with Crippen molar-refractivity contribution in [3.8, 4) is 11.5 Å². The number of rotatable bonds is 4. The number of anilines is 1. The Bertz CT molecular complexity index is 634. The van der Waals surface area contributed by atoms with Crippen molar-refractivity contribution >= 4 is 11.4 Å². The molecular weight excluding hydrogens is 260 g/mol. The van der Waals surface area contributed by atoms with E-state index in [0.29, 0.717) is 23.0 Å². The molecule has 1 aromatic heterocycles. The summed E-state index contributed by atoms with van der Waals surface area (Å²) in [6, 6.07) is 4.86. The summed E-state index contributed by atoms with van der Waals surface area (Å²) in [5.41, 5.74) is 1.08. The van der Waals surface area contributed by atoms with Crippen molar-refractivity contribution in [2.45, 2.75) is 19.8 Å². The number of nitrogens with zero attached hydrogens (tertiary/aromatic N) is 4. The molecule has 7 heteroatoms. The maximum atomic E-state index is 11.1. The van der Waals surface area contributed by atoms with Crippen molar-refractivity contribution < 1.29 is 9.45 Å². The lowest BCUT2D eigenvalue weighted by molar-refractivity contribution is -0.384. The van der Waals surface area contributed by atoms with Gasteiger partial charge in [0.05, 0.1) is 4.92 Å².